The summed E-state index contributed by atoms with van der Waals surface area (Å²) in [7, 11) is 0. The molecule has 0 N–H and O–H groups in total. The molecule has 0 amide bonds. The van der Waals surface area contributed by atoms with Gasteiger partial charge in [0.05, 0.1) is 11.9 Å². The van der Waals surface area contributed by atoms with Gasteiger partial charge in [-0.25, -0.2) is 13.8 Å². The first kappa shape index (κ1) is 10.9. The first-order valence-electron chi connectivity index (χ1n) is 4.39. The Kier molecular flexibility index (Phi) is 3.09. The van der Waals surface area contributed by atoms with Gasteiger partial charge in [-0.05, 0) is 18.4 Å². The van der Waals surface area contributed by atoms with Crippen LogP contribution in [0.2, 0.25) is 0 Å². The number of thioether (sulfide) groups is 1. The molecule has 1 aromatic carbocycles. The van der Waals surface area contributed by atoms with Crippen molar-refractivity contribution < 1.29 is 8.78 Å². The third kappa shape index (κ3) is 2.33. The van der Waals surface area contributed by atoms with Gasteiger partial charge in [0.15, 0.2) is 0 Å². The van der Waals surface area contributed by atoms with Gasteiger partial charge in [0.2, 0.25) is 5.16 Å². The van der Waals surface area contributed by atoms with Crippen molar-refractivity contribution >= 4 is 11.8 Å². The summed E-state index contributed by atoms with van der Waals surface area (Å²) in [6.45, 7) is 0. The van der Waals surface area contributed by atoms with Crippen LogP contribution in [-0.2, 0) is 0 Å². The molecule has 6 heteroatoms. The SMILES string of the molecule is CSc1nncc(-c2cc(F)cc(F)c2)n1. The summed E-state index contributed by atoms with van der Waals surface area (Å²) in [5, 5.41) is 7.92. The Morgan fingerprint density at radius 1 is 1.12 bits per heavy atom. The molecule has 0 radical (unpaired) electrons. The van der Waals surface area contributed by atoms with Gasteiger partial charge < -0.3 is 0 Å². The summed E-state index contributed by atoms with van der Waals surface area (Å²) in [5.41, 5.74) is 0.750. The van der Waals surface area contributed by atoms with Gasteiger partial charge in [0.25, 0.3) is 0 Å². The normalized spacial score (nSPS) is 10.4. The summed E-state index contributed by atoms with van der Waals surface area (Å²) in [5.74, 6) is -1.28. The van der Waals surface area contributed by atoms with Crippen LogP contribution in [0, 0.1) is 11.6 Å². The lowest BCUT2D eigenvalue weighted by atomic mass is 10.1. The van der Waals surface area contributed by atoms with Crippen LogP contribution in [0.1, 0.15) is 0 Å². The molecule has 0 fully saturated rings. The second kappa shape index (κ2) is 4.52. The fourth-order valence-electron chi connectivity index (χ4n) is 1.21. The van der Waals surface area contributed by atoms with Crippen molar-refractivity contribution in [3.05, 3.63) is 36.0 Å². The highest BCUT2D eigenvalue weighted by molar-refractivity contribution is 7.98. The fraction of sp³-hybridized carbons (Fsp3) is 0.100. The van der Waals surface area contributed by atoms with Crippen molar-refractivity contribution in [3.63, 3.8) is 0 Å². The van der Waals surface area contributed by atoms with Gasteiger partial charge >= 0.3 is 0 Å². The van der Waals surface area contributed by atoms with E-state index in [1.165, 1.54) is 30.1 Å². The fourth-order valence-corrected chi connectivity index (χ4v) is 1.53. The molecule has 82 valence electrons. The molecular formula is C10H7F2N3S. The lowest BCUT2D eigenvalue weighted by Crippen LogP contribution is -1.93. The molecule has 0 spiro atoms. The van der Waals surface area contributed by atoms with E-state index in [4.69, 9.17) is 0 Å². The molecule has 0 unspecified atom stereocenters. The van der Waals surface area contributed by atoms with Gasteiger partial charge in [0, 0.05) is 11.6 Å². The van der Waals surface area contributed by atoms with Crippen LogP contribution >= 0.6 is 11.8 Å². The summed E-state index contributed by atoms with van der Waals surface area (Å²) >= 11 is 1.31. The number of benzene rings is 1. The highest BCUT2D eigenvalue weighted by Gasteiger charge is 2.06. The molecule has 1 heterocycles. The summed E-state index contributed by atoms with van der Waals surface area (Å²) < 4.78 is 26.0. The molecule has 2 aromatic rings. The van der Waals surface area contributed by atoms with Gasteiger partial charge in [-0.1, -0.05) is 11.8 Å². The maximum absolute atomic E-state index is 13.0. The van der Waals surface area contributed by atoms with E-state index >= 15 is 0 Å². The van der Waals surface area contributed by atoms with Crippen LogP contribution in [0.4, 0.5) is 8.78 Å². The number of hydrogen-bond acceptors (Lipinski definition) is 4. The first-order valence-corrected chi connectivity index (χ1v) is 5.61. The molecule has 0 atom stereocenters. The summed E-state index contributed by atoms with van der Waals surface area (Å²) in [6, 6.07) is 3.22. The zero-order valence-electron chi connectivity index (χ0n) is 8.32. The van der Waals surface area contributed by atoms with E-state index in [9.17, 15) is 8.78 Å². The average Bonchev–Trinajstić information content (AvgIpc) is 2.28. The van der Waals surface area contributed by atoms with Crippen molar-refractivity contribution in [3.8, 4) is 11.3 Å². The monoisotopic (exact) mass is 239 g/mol. The van der Waals surface area contributed by atoms with Crippen molar-refractivity contribution in [1.29, 1.82) is 0 Å². The van der Waals surface area contributed by atoms with E-state index in [1.807, 2.05) is 0 Å². The van der Waals surface area contributed by atoms with Gasteiger partial charge in [0.1, 0.15) is 11.6 Å². The van der Waals surface area contributed by atoms with Crippen LogP contribution in [0.15, 0.2) is 29.6 Å². The molecule has 3 nitrogen and oxygen atoms in total. The van der Waals surface area contributed by atoms with Crippen molar-refractivity contribution in [1.82, 2.24) is 15.2 Å². The highest BCUT2D eigenvalue weighted by atomic mass is 32.2. The van der Waals surface area contributed by atoms with Crippen molar-refractivity contribution in [2.24, 2.45) is 0 Å². The molecule has 0 bridgehead atoms. The minimum atomic E-state index is -0.640. The van der Waals surface area contributed by atoms with Crippen LogP contribution in [0.25, 0.3) is 11.3 Å². The zero-order chi connectivity index (χ0) is 11.5. The number of rotatable bonds is 2. The second-order valence-electron chi connectivity index (χ2n) is 2.99. The van der Waals surface area contributed by atoms with E-state index in [-0.39, 0.29) is 0 Å². The Labute approximate surface area is 94.9 Å². The van der Waals surface area contributed by atoms with Crippen LogP contribution in [-0.4, -0.2) is 21.4 Å². The predicted molar refractivity (Wildman–Crippen MR) is 57.0 cm³/mol. The molecule has 0 aliphatic heterocycles. The third-order valence-electron chi connectivity index (χ3n) is 1.88. The Balaban J connectivity index is 2.49. The third-order valence-corrected chi connectivity index (χ3v) is 2.42. The lowest BCUT2D eigenvalue weighted by molar-refractivity contribution is 0.584. The minimum Gasteiger partial charge on any atom is -0.219 e. The Morgan fingerprint density at radius 2 is 1.81 bits per heavy atom. The van der Waals surface area contributed by atoms with E-state index in [0.717, 1.165) is 6.07 Å². The number of halogens is 2. The van der Waals surface area contributed by atoms with Crippen molar-refractivity contribution in [2.45, 2.75) is 5.16 Å². The zero-order valence-corrected chi connectivity index (χ0v) is 9.13. The van der Waals surface area contributed by atoms with E-state index in [2.05, 4.69) is 15.2 Å². The smallest absolute Gasteiger partial charge is 0.209 e. The summed E-state index contributed by atoms with van der Waals surface area (Å²) in [4.78, 5) is 4.10. The molecule has 16 heavy (non-hydrogen) atoms. The second-order valence-corrected chi connectivity index (χ2v) is 3.76. The van der Waals surface area contributed by atoms with E-state index < -0.39 is 11.6 Å². The Hall–Kier alpha value is -1.56. The molecule has 2 rings (SSSR count). The number of hydrogen-bond donors (Lipinski definition) is 0. The topological polar surface area (TPSA) is 38.7 Å². The van der Waals surface area contributed by atoms with Crippen molar-refractivity contribution in [2.75, 3.05) is 6.26 Å². The highest BCUT2D eigenvalue weighted by Crippen LogP contribution is 2.20. The minimum absolute atomic E-state index is 0.350. The number of nitrogens with zero attached hydrogens (tertiary/aromatic N) is 3. The Bertz CT molecular complexity index is 499. The first-order chi connectivity index (χ1) is 7.69. The largest absolute Gasteiger partial charge is 0.219 e. The standard InChI is InChI=1S/C10H7F2N3S/c1-16-10-14-9(5-13-15-10)6-2-7(11)4-8(12)3-6/h2-5H,1H3. The maximum atomic E-state index is 13.0. The van der Waals surface area contributed by atoms with Gasteiger partial charge in [-0.2, -0.15) is 5.10 Å². The van der Waals surface area contributed by atoms with Crippen LogP contribution in [0.3, 0.4) is 0 Å². The van der Waals surface area contributed by atoms with Gasteiger partial charge in [-0.3, -0.25) is 0 Å². The molecule has 0 aliphatic carbocycles. The molecule has 0 saturated carbocycles. The average molecular weight is 239 g/mol. The maximum Gasteiger partial charge on any atom is 0.209 e. The van der Waals surface area contributed by atoms with E-state index in [1.54, 1.807) is 6.26 Å². The molecule has 0 aliphatic rings. The quantitative estimate of drug-likeness (QED) is 0.755. The van der Waals surface area contributed by atoms with E-state index in [0.29, 0.717) is 16.4 Å². The molecule has 1 aromatic heterocycles. The van der Waals surface area contributed by atoms with Crippen LogP contribution < -0.4 is 0 Å². The number of aromatic nitrogens is 3. The molecular weight excluding hydrogens is 232 g/mol. The Morgan fingerprint density at radius 3 is 2.44 bits per heavy atom. The lowest BCUT2D eigenvalue weighted by Gasteiger charge is -2.01. The molecule has 0 saturated heterocycles. The van der Waals surface area contributed by atoms with Gasteiger partial charge in [-0.15, -0.1) is 5.10 Å². The summed E-state index contributed by atoms with van der Waals surface area (Å²) in [6.07, 6.45) is 3.17. The predicted octanol–water partition coefficient (Wildman–Crippen LogP) is 2.54. The van der Waals surface area contributed by atoms with Crippen LogP contribution in [0.5, 0.6) is 0 Å².